The number of aryl methyl sites for hydroxylation is 1. The molecule has 1 aromatic heterocycles. The number of anilines is 1. The molecule has 0 unspecified atom stereocenters. The minimum atomic E-state index is 0.607. The standard InChI is InChI=1S/C7H14N4/c1-5-10-7(9)6(3-4-8)11(5)2/h3-4,8-9H2,1-2H3. The van der Waals surface area contributed by atoms with Gasteiger partial charge < -0.3 is 16.0 Å². The molecule has 0 aliphatic heterocycles. The first kappa shape index (κ1) is 8.07. The number of hydrogen-bond acceptors (Lipinski definition) is 3. The average molecular weight is 154 g/mol. The summed E-state index contributed by atoms with van der Waals surface area (Å²) in [5.74, 6) is 1.54. The maximum Gasteiger partial charge on any atom is 0.145 e. The molecule has 1 heterocycles. The Labute approximate surface area is 66.2 Å². The number of nitrogens with two attached hydrogens (primary N) is 2. The van der Waals surface area contributed by atoms with E-state index in [2.05, 4.69) is 4.98 Å². The fourth-order valence-corrected chi connectivity index (χ4v) is 1.11. The summed E-state index contributed by atoms with van der Waals surface area (Å²) in [6.45, 7) is 2.54. The van der Waals surface area contributed by atoms with Crippen LogP contribution < -0.4 is 11.5 Å². The molecule has 0 saturated carbocycles. The Kier molecular flexibility index (Phi) is 2.14. The van der Waals surface area contributed by atoms with Crippen molar-refractivity contribution in [3.05, 3.63) is 11.5 Å². The predicted molar refractivity (Wildman–Crippen MR) is 45.1 cm³/mol. The van der Waals surface area contributed by atoms with Crippen molar-refractivity contribution in [3.8, 4) is 0 Å². The molecule has 1 aromatic rings. The van der Waals surface area contributed by atoms with Crippen LogP contribution in [0.5, 0.6) is 0 Å². The monoisotopic (exact) mass is 154 g/mol. The molecule has 0 aliphatic carbocycles. The van der Waals surface area contributed by atoms with E-state index in [0.717, 1.165) is 17.9 Å². The second-order valence-electron chi connectivity index (χ2n) is 2.59. The van der Waals surface area contributed by atoms with E-state index in [1.54, 1.807) is 0 Å². The van der Waals surface area contributed by atoms with Crippen molar-refractivity contribution in [1.82, 2.24) is 9.55 Å². The van der Waals surface area contributed by atoms with E-state index in [1.165, 1.54) is 0 Å². The molecule has 0 aromatic carbocycles. The predicted octanol–water partition coefficient (Wildman–Crippen LogP) is -0.188. The van der Waals surface area contributed by atoms with Gasteiger partial charge in [0, 0.05) is 13.5 Å². The number of imidazole rings is 1. The molecule has 11 heavy (non-hydrogen) atoms. The summed E-state index contributed by atoms with van der Waals surface area (Å²) in [6.07, 6.45) is 0.795. The van der Waals surface area contributed by atoms with Crippen LogP contribution in [-0.4, -0.2) is 16.1 Å². The van der Waals surface area contributed by atoms with Crippen molar-refractivity contribution in [2.75, 3.05) is 12.3 Å². The molecule has 4 N–H and O–H groups in total. The van der Waals surface area contributed by atoms with Gasteiger partial charge in [0.2, 0.25) is 0 Å². The Morgan fingerprint density at radius 1 is 1.55 bits per heavy atom. The van der Waals surface area contributed by atoms with Crippen LogP contribution in [0.3, 0.4) is 0 Å². The van der Waals surface area contributed by atoms with Crippen LogP contribution in [0.25, 0.3) is 0 Å². The first-order chi connectivity index (χ1) is 5.16. The van der Waals surface area contributed by atoms with Gasteiger partial charge in [-0.05, 0) is 13.5 Å². The van der Waals surface area contributed by atoms with E-state index in [-0.39, 0.29) is 0 Å². The van der Waals surface area contributed by atoms with Gasteiger partial charge in [-0.2, -0.15) is 0 Å². The molecule has 0 fully saturated rings. The quantitative estimate of drug-likeness (QED) is 0.620. The van der Waals surface area contributed by atoms with Crippen LogP contribution in [0, 0.1) is 6.92 Å². The number of hydrogen-bond donors (Lipinski definition) is 2. The third kappa shape index (κ3) is 1.35. The highest BCUT2D eigenvalue weighted by Gasteiger charge is 2.06. The number of nitrogens with zero attached hydrogens (tertiary/aromatic N) is 2. The Morgan fingerprint density at radius 3 is 2.55 bits per heavy atom. The number of rotatable bonds is 2. The van der Waals surface area contributed by atoms with Gasteiger partial charge in [0.25, 0.3) is 0 Å². The lowest BCUT2D eigenvalue weighted by molar-refractivity contribution is 0.778. The maximum absolute atomic E-state index is 5.64. The van der Waals surface area contributed by atoms with Gasteiger partial charge in [0.05, 0.1) is 5.69 Å². The van der Waals surface area contributed by atoms with Gasteiger partial charge in [0.15, 0.2) is 0 Å². The highest BCUT2D eigenvalue weighted by molar-refractivity contribution is 5.37. The smallest absolute Gasteiger partial charge is 0.145 e. The molecule has 0 bridgehead atoms. The Hall–Kier alpha value is -1.03. The molecule has 0 atom stereocenters. The average Bonchev–Trinajstić information content (AvgIpc) is 2.17. The van der Waals surface area contributed by atoms with E-state index in [1.807, 2.05) is 18.5 Å². The Bertz CT molecular complexity index is 251. The highest BCUT2D eigenvalue weighted by atomic mass is 15.1. The van der Waals surface area contributed by atoms with Crippen molar-refractivity contribution in [2.45, 2.75) is 13.3 Å². The van der Waals surface area contributed by atoms with Crippen molar-refractivity contribution >= 4 is 5.82 Å². The molecule has 0 radical (unpaired) electrons. The normalized spacial score (nSPS) is 10.5. The van der Waals surface area contributed by atoms with Crippen LogP contribution >= 0.6 is 0 Å². The summed E-state index contributed by atoms with van der Waals surface area (Å²) in [6, 6.07) is 0. The van der Waals surface area contributed by atoms with E-state index >= 15 is 0 Å². The lowest BCUT2D eigenvalue weighted by atomic mass is 10.3. The fraction of sp³-hybridized carbons (Fsp3) is 0.571. The molecule has 0 aliphatic rings. The summed E-state index contributed by atoms with van der Waals surface area (Å²) < 4.78 is 1.97. The van der Waals surface area contributed by atoms with Crippen molar-refractivity contribution < 1.29 is 0 Å². The largest absolute Gasteiger partial charge is 0.382 e. The fourth-order valence-electron chi connectivity index (χ4n) is 1.11. The second-order valence-corrected chi connectivity index (χ2v) is 2.59. The van der Waals surface area contributed by atoms with Gasteiger partial charge in [-0.3, -0.25) is 0 Å². The molecule has 4 nitrogen and oxygen atoms in total. The Morgan fingerprint density at radius 2 is 2.18 bits per heavy atom. The zero-order valence-electron chi connectivity index (χ0n) is 6.96. The molecular formula is C7H14N4. The van der Waals surface area contributed by atoms with Gasteiger partial charge in [-0.1, -0.05) is 0 Å². The first-order valence-corrected chi connectivity index (χ1v) is 3.64. The molecular weight excluding hydrogens is 140 g/mol. The third-order valence-corrected chi connectivity index (χ3v) is 1.85. The summed E-state index contributed by atoms with van der Waals surface area (Å²) in [5, 5.41) is 0. The molecule has 62 valence electrons. The van der Waals surface area contributed by atoms with E-state index in [9.17, 15) is 0 Å². The minimum Gasteiger partial charge on any atom is -0.382 e. The van der Waals surface area contributed by atoms with Crippen LogP contribution in [0.2, 0.25) is 0 Å². The number of nitrogen functional groups attached to an aromatic ring is 1. The molecule has 0 spiro atoms. The van der Waals surface area contributed by atoms with Crippen LogP contribution in [0.4, 0.5) is 5.82 Å². The van der Waals surface area contributed by atoms with E-state index in [4.69, 9.17) is 11.5 Å². The molecule has 4 heteroatoms. The Balaban J connectivity index is 3.02. The van der Waals surface area contributed by atoms with Crippen LogP contribution in [-0.2, 0) is 13.5 Å². The van der Waals surface area contributed by atoms with Gasteiger partial charge in [0.1, 0.15) is 11.6 Å². The summed E-state index contributed by atoms with van der Waals surface area (Å²) >= 11 is 0. The van der Waals surface area contributed by atoms with Crippen molar-refractivity contribution in [2.24, 2.45) is 12.8 Å². The van der Waals surface area contributed by atoms with Gasteiger partial charge >= 0.3 is 0 Å². The zero-order chi connectivity index (χ0) is 8.43. The summed E-state index contributed by atoms with van der Waals surface area (Å²) in [4.78, 5) is 4.11. The third-order valence-electron chi connectivity index (χ3n) is 1.85. The number of aromatic nitrogens is 2. The summed E-state index contributed by atoms with van der Waals surface area (Å²) in [5.41, 5.74) is 12.1. The van der Waals surface area contributed by atoms with Gasteiger partial charge in [-0.25, -0.2) is 4.98 Å². The summed E-state index contributed by atoms with van der Waals surface area (Å²) in [7, 11) is 1.95. The zero-order valence-corrected chi connectivity index (χ0v) is 6.96. The topological polar surface area (TPSA) is 69.9 Å². The van der Waals surface area contributed by atoms with E-state index < -0.39 is 0 Å². The first-order valence-electron chi connectivity index (χ1n) is 3.64. The van der Waals surface area contributed by atoms with Gasteiger partial charge in [-0.15, -0.1) is 0 Å². The second kappa shape index (κ2) is 2.92. The van der Waals surface area contributed by atoms with E-state index in [0.29, 0.717) is 12.4 Å². The molecule has 0 amide bonds. The maximum atomic E-state index is 5.64. The minimum absolute atomic E-state index is 0.607. The van der Waals surface area contributed by atoms with Crippen LogP contribution in [0.15, 0.2) is 0 Å². The van der Waals surface area contributed by atoms with Crippen LogP contribution in [0.1, 0.15) is 11.5 Å². The van der Waals surface area contributed by atoms with Crippen molar-refractivity contribution in [1.29, 1.82) is 0 Å². The highest BCUT2D eigenvalue weighted by Crippen LogP contribution is 2.11. The lowest BCUT2D eigenvalue weighted by Gasteiger charge is -2.01. The SMILES string of the molecule is Cc1nc(N)c(CCN)n1C. The molecule has 0 saturated heterocycles. The lowest BCUT2D eigenvalue weighted by Crippen LogP contribution is -2.08. The molecule has 1 rings (SSSR count). The van der Waals surface area contributed by atoms with Crippen molar-refractivity contribution in [3.63, 3.8) is 0 Å².